The van der Waals surface area contributed by atoms with Crippen LogP contribution in [0.15, 0.2) is 97.6 Å². The summed E-state index contributed by atoms with van der Waals surface area (Å²) >= 11 is 8.20. The van der Waals surface area contributed by atoms with Gasteiger partial charge in [-0.1, -0.05) is 52.9 Å². The molecule has 1 aliphatic rings. The van der Waals surface area contributed by atoms with Gasteiger partial charge in [-0.25, -0.2) is 9.79 Å². The number of hydrogen-bond donors (Lipinski definition) is 0. The van der Waals surface area contributed by atoms with Crippen molar-refractivity contribution in [1.29, 1.82) is 0 Å². The average molecular weight is 651 g/mol. The number of carbonyl (C=O) groups is 1. The summed E-state index contributed by atoms with van der Waals surface area (Å²) in [5, 5.41) is 24.1. The number of rotatable bonds is 8. The van der Waals surface area contributed by atoms with Crippen LogP contribution in [0.3, 0.4) is 0 Å². The number of hydrogen-bond acceptors (Lipinski definition) is 10. The molecule has 0 amide bonds. The van der Waals surface area contributed by atoms with Crippen LogP contribution in [-0.2, 0) is 9.53 Å². The topological polar surface area (TPSA) is 147 Å². The van der Waals surface area contributed by atoms with Gasteiger partial charge in [0.25, 0.3) is 16.9 Å². The molecule has 3 aromatic carbocycles. The maximum Gasteiger partial charge on any atom is 0.338 e. The molecule has 0 bridgehead atoms. The van der Waals surface area contributed by atoms with Gasteiger partial charge in [-0.05, 0) is 68.3 Å². The molecule has 0 aliphatic carbocycles. The van der Waals surface area contributed by atoms with Gasteiger partial charge in [0.2, 0.25) is 0 Å². The molecule has 4 aromatic rings. The molecular formula is C30H23ClN4O7S2. The highest BCUT2D eigenvalue weighted by Gasteiger charge is 2.34. The number of carbonyl (C=O) groups excluding carboxylic acids is 1. The molecular weight excluding hydrogens is 628 g/mol. The van der Waals surface area contributed by atoms with Crippen LogP contribution in [0.2, 0.25) is 5.02 Å². The van der Waals surface area contributed by atoms with Crippen LogP contribution >= 0.6 is 34.7 Å². The van der Waals surface area contributed by atoms with E-state index in [1.807, 2.05) is 0 Å². The number of nitrogens with zero attached hydrogens (tertiary/aromatic N) is 4. The van der Waals surface area contributed by atoms with Crippen LogP contribution in [0.25, 0.3) is 6.08 Å². The molecule has 0 radical (unpaired) electrons. The first-order valence-corrected chi connectivity index (χ1v) is 15.1. The normalized spacial score (nSPS) is 14.8. The minimum Gasteiger partial charge on any atom is -0.459 e. The lowest BCUT2D eigenvalue weighted by Crippen LogP contribution is -2.40. The number of allylic oxidation sites excluding steroid dienone is 1. The quantitative estimate of drug-likeness (QED) is 0.132. The summed E-state index contributed by atoms with van der Waals surface area (Å²) in [6.07, 6.45) is 1.05. The van der Waals surface area contributed by atoms with Gasteiger partial charge in [0, 0.05) is 28.1 Å². The average Bonchev–Trinajstić information content (AvgIpc) is 3.27. The number of benzene rings is 3. The molecule has 0 saturated carbocycles. The Hall–Kier alpha value is -4.59. The second-order valence-corrected chi connectivity index (χ2v) is 12.5. The third-order valence-electron chi connectivity index (χ3n) is 6.50. The number of aromatic nitrogens is 1. The number of esters is 1. The van der Waals surface area contributed by atoms with Crippen LogP contribution in [0, 0.1) is 20.2 Å². The molecule has 1 aromatic heterocycles. The highest BCUT2D eigenvalue weighted by Crippen LogP contribution is 2.36. The van der Waals surface area contributed by atoms with E-state index in [4.69, 9.17) is 16.3 Å². The van der Waals surface area contributed by atoms with Crippen molar-refractivity contribution >= 4 is 58.1 Å². The van der Waals surface area contributed by atoms with Gasteiger partial charge in [-0.3, -0.25) is 29.6 Å². The lowest BCUT2D eigenvalue weighted by molar-refractivity contribution is -0.387. The van der Waals surface area contributed by atoms with E-state index in [0.717, 1.165) is 16.2 Å². The largest absolute Gasteiger partial charge is 0.459 e. The Bertz CT molecular complexity index is 2040. The summed E-state index contributed by atoms with van der Waals surface area (Å²) in [5.74, 6) is -0.698. The van der Waals surface area contributed by atoms with E-state index in [1.54, 1.807) is 63.2 Å². The number of nitro groups is 2. The molecule has 2 heterocycles. The van der Waals surface area contributed by atoms with E-state index in [1.165, 1.54) is 46.7 Å². The SMILES string of the molecule is CC1=C(C(=O)OC(C)C)[C@H](c2cccc([N+](=O)[O-])c2)n2c(s/c(=C/c3ccc(Sc4ccc(Cl)cc4)c([N+](=O)[O-])c3)c2=O)=N1. The fourth-order valence-electron chi connectivity index (χ4n) is 4.62. The lowest BCUT2D eigenvalue weighted by Gasteiger charge is -2.25. The Kier molecular flexibility index (Phi) is 8.81. The maximum absolute atomic E-state index is 13.9. The molecule has 44 heavy (non-hydrogen) atoms. The molecule has 224 valence electrons. The van der Waals surface area contributed by atoms with Gasteiger partial charge in [0.15, 0.2) is 4.80 Å². The fourth-order valence-corrected chi connectivity index (χ4v) is 6.69. The Morgan fingerprint density at radius 3 is 2.48 bits per heavy atom. The van der Waals surface area contributed by atoms with Crippen molar-refractivity contribution in [2.45, 2.75) is 42.7 Å². The van der Waals surface area contributed by atoms with Crippen LogP contribution in [0.1, 0.15) is 37.9 Å². The lowest BCUT2D eigenvalue weighted by atomic mass is 9.95. The van der Waals surface area contributed by atoms with Gasteiger partial charge in [-0.2, -0.15) is 0 Å². The van der Waals surface area contributed by atoms with E-state index in [2.05, 4.69) is 4.99 Å². The van der Waals surface area contributed by atoms with E-state index in [9.17, 15) is 29.8 Å². The number of thiazole rings is 1. The Morgan fingerprint density at radius 2 is 1.82 bits per heavy atom. The van der Waals surface area contributed by atoms with Gasteiger partial charge in [0.1, 0.15) is 0 Å². The summed E-state index contributed by atoms with van der Waals surface area (Å²) < 4.78 is 6.97. The van der Waals surface area contributed by atoms with Crippen LogP contribution < -0.4 is 14.9 Å². The minimum absolute atomic E-state index is 0.0809. The van der Waals surface area contributed by atoms with Crippen molar-refractivity contribution < 1.29 is 19.4 Å². The van der Waals surface area contributed by atoms with Crippen molar-refractivity contribution in [2.24, 2.45) is 4.99 Å². The molecule has 1 aliphatic heterocycles. The smallest absolute Gasteiger partial charge is 0.338 e. The molecule has 0 saturated heterocycles. The molecule has 14 heteroatoms. The predicted octanol–water partition coefficient (Wildman–Crippen LogP) is 5.81. The fraction of sp³-hybridized carbons (Fsp3) is 0.167. The van der Waals surface area contributed by atoms with Crippen molar-refractivity contribution in [3.63, 3.8) is 0 Å². The zero-order valence-corrected chi connectivity index (χ0v) is 25.8. The number of non-ortho nitro benzene ring substituents is 1. The minimum atomic E-state index is -1.05. The highest BCUT2D eigenvalue weighted by molar-refractivity contribution is 7.99. The molecule has 11 nitrogen and oxygen atoms in total. The molecule has 5 rings (SSSR count). The molecule has 0 N–H and O–H groups in total. The van der Waals surface area contributed by atoms with E-state index in [-0.39, 0.29) is 26.3 Å². The first-order valence-electron chi connectivity index (χ1n) is 13.1. The Labute approximate surface area is 263 Å². The standard InChI is InChI=1S/C30H23ClN4O7S2/c1-16(2)42-29(37)26-17(3)32-30-33(27(26)19-5-4-6-21(15-19)34(38)39)28(36)25(44-30)14-18-7-12-24(23(13-18)35(40)41)43-22-10-8-20(31)9-11-22/h4-16,27H,1-3H3/b25-14+/t27-/m0/s1. The van der Waals surface area contributed by atoms with Crippen LogP contribution in [0.5, 0.6) is 0 Å². The molecule has 0 spiro atoms. The van der Waals surface area contributed by atoms with Gasteiger partial charge < -0.3 is 4.74 Å². The first kappa shape index (κ1) is 30.9. The second-order valence-electron chi connectivity index (χ2n) is 9.93. The summed E-state index contributed by atoms with van der Waals surface area (Å²) in [6, 6.07) is 16.2. The third kappa shape index (κ3) is 6.34. The van der Waals surface area contributed by atoms with E-state index < -0.39 is 33.5 Å². The Morgan fingerprint density at radius 1 is 1.09 bits per heavy atom. The molecule has 1 atom stereocenters. The summed E-state index contributed by atoms with van der Waals surface area (Å²) in [4.78, 5) is 55.6. The second kappa shape index (κ2) is 12.6. The van der Waals surface area contributed by atoms with E-state index >= 15 is 0 Å². The number of nitro benzene ring substituents is 2. The maximum atomic E-state index is 13.9. The monoisotopic (exact) mass is 650 g/mol. The summed E-state index contributed by atoms with van der Waals surface area (Å²) in [5.41, 5.74) is 0.252. The van der Waals surface area contributed by atoms with Crippen LogP contribution in [0.4, 0.5) is 11.4 Å². The number of fused-ring (bicyclic) bond motifs is 1. The van der Waals surface area contributed by atoms with Crippen molar-refractivity contribution in [1.82, 2.24) is 4.57 Å². The van der Waals surface area contributed by atoms with Crippen molar-refractivity contribution in [3.05, 3.63) is 134 Å². The zero-order chi connectivity index (χ0) is 31.7. The number of ether oxygens (including phenoxy) is 1. The van der Waals surface area contributed by atoms with Gasteiger partial charge in [-0.15, -0.1) is 0 Å². The highest BCUT2D eigenvalue weighted by atomic mass is 35.5. The van der Waals surface area contributed by atoms with E-state index in [0.29, 0.717) is 26.7 Å². The van der Waals surface area contributed by atoms with Crippen LogP contribution in [-0.4, -0.2) is 26.5 Å². The van der Waals surface area contributed by atoms with Gasteiger partial charge in [0.05, 0.1) is 42.7 Å². The summed E-state index contributed by atoms with van der Waals surface area (Å²) in [7, 11) is 0. The van der Waals surface area contributed by atoms with Crippen molar-refractivity contribution in [3.8, 4) is 0 Å². The number of halogens is 1. The first-order chi connectivity index (χ1) is 20.9. The zero-order valence-electron chi connectivity index (χ0n) is 23.4. The predicted molar refractivity (Wildman–Crippen MR) is 167 cm³/mol. The van der Waals surface area contributed by atoms with Gasteiger partial charge >= 0.3 is 5.97 Å². The third-order valence-corrected chi connectivity index (χ3v) is 8.81. The Balaban J connectivity index is 1.63. The summed E-state index contributed by atoms with van der Waals surface area (Å²) in [6.45, 7) is 4.98. The molecule has 0 unspecified atom stereocenters. The van der Waals surface area contributed by atoms with Crippen molar-refractivity contribution in [2.75, 3.05) is 0 Å². The molecule has 0 fully saturated rings.